The SMILES string of the molecule is Cc1cc(N)nc(N2CCC(F)(F)CC2)n1.Cc1cc(NC(=O)c2cnc(Cl)nc2N2CCC3(CC2)CC3)nc(N2CCC(F)(F)CC2)n1.O=C(O)c1cnc(Cl)nc1N1CCC2(CC1)CC2.O=C(Oc1c(F)c(F)c(F)c(F)c1F)c1cnc(Cl)nc1N1CCC2(CC1)CC2.Oc1c(F)c(F)c(F)c(F)c1F. The van der Waals surface area contributed by atoms with Gasteiger partial charge in [0.25, 0.3) is 17.8 Å². The number of phenols is 1. The fourth-order valence-electron chi connectivity index (χ4n) is 13.0. The normalized spacial score (nSPS) is 18.8. The van der Waals surface area contributed by atoms with E-state index in [9.17, 15) is 75.8 Å². The summed E-state index contributed by atoms with van der Waals surface area (Å²) in [4.78, 5) is 87.1. The van der Waals surface area contributed by atoms with E-state index in [4.69, 9.17) is 50.7 Å². The number of halogens is 17. The van der Waals surface area contributed by atoms with Gasteiger partial charge in [0.1, 0.15) is 45.8 Å². The third-order valence-electron chi connectivity index (χ3n) is 20.2. The smallest absolute Gasteiger partial charge is 0.349 e. The van der Waals surface area contributed by atoms with E-state index in [-0.39, 0.29) is 84.7 Å². The molecule has 0 unspecified atom stereocenters. The highest BCUT2D eigenvalue weighted by Crippen LogP contribution is 2.56. The molecule has 40 heteroatoms. The van der Waals surface area contributed by atoms with Crippen molar-refractivity contribution in [3.05, 3.63) is 133 Å². The molecule has 5 saturated heterocycles. The highest BCUT2D eigenvalue weighted by molar-refractivity contribution is 6.29. The summed E-state index contributed by atoms with van der Waals surface area (Å²) < 4.78 is 186. The van der Waals surface area contributed by atoms with Crippen LogP contribution in [0.1, 0.15) is 145 Å². The molecule has 0 bridgehead atoms. The fourth-order valence-corrected chi connectivity index (χ4v) is 13.4. The van der Waals surface area contributed by atoms with Crippen LogP contribution in [0, 0.1) is 88.3 Å². The molecule has 108 heavy (non-hydrogen) atoms. The zero-order chi connectivity index (χ0) is 78.1. The van der Waals surface area contributed by atoms with E-state index in [1.165, 1.54) is 38.1 Å². The number of amides is 1. The predicted molar refractivity (Wildman–Crippen MR) is 365 cm³/mol. The van der Waals surface area contributed by atoms with Crippen LogP contribution in [-0.4, -0.2) is 155 Å². The number of carboxylic acids is 1. The molecule has 5 aromatic heterocycles. The maximum absolute atomic E-state index is 13.8. The molecular weight excluding hydrogens is 1520 g/mol. The van der Waals surface area contributed by atoms with Gasteiger partial charge in [0, 0.05) is 133 Å². The Kier molecular flexibility index (Phi) is 23.7. The number of nitrogens with two attached hydrogens (primary N) is 1. The van der Waals surface area contributed by atoms with Crippen molar-refractivity contribution in [1.82, 2.24) is 49.8 Å². The van der Waals surface area contributed by atoms with Crippen LogP contribution < -0.4 is 40.3 Å². The van der Waals surface area contributed by atoms with Crippen molar-refractivity contribution >= 4 is 93.6 Å². The number of nitrogens with one attached hydrogen (secondary N) is 1. The quantitative estimate of drug-likeness (QED) is 0.0247. The van der Waals surface area contributed by atoms with Gasteiger partial charge in [-0.05, 0) is 142 Å². The maximum Gasteiger partial charge on any atom is 0.349 e. The lowest BCUT2D eigenvalue weighted by molar-refractivity contribution is -0.0229. The third kappa shape index (κ3) is 18.9. The summed E-state index contributed by atoms with van der Waals surface area (Å²) in [6.45, 7) is 8.94. The number of ether oxygens (including phenoxy) is 1. The van der Waals surface area contributed by atoms with Crippen molar-refractivity contribution in [2.75, 3.05) is 101 Å². The second-order valence-electron chi connectivity index (χ2n) is 27.7. The summed E-state index contributed by atoms with van der Waals surface area (Å²) in [5.41, 5.74) is 8.49. The van der Waals surface area contributed by atoms with E-state index >= 15 is 0 Å². The predicted octanol–water partition coefficient (Wildman–Crippen LogP) is 14.4. The molecule has 8 fully saturated rings. The topological polar surface area (TPSA) is 284 Å². The Morgan fingerprint density at radius 2 is 0.759 bits per heavy atom. The molecule has 5 aliphatic heterocycles. The van der Waals surface area contributed by atoms with Crippen molar-refractivity contribution in [2.45, 2.75) is 128 Å². The van der Waals surface area contributed by atoms with E-state index in [0.717, 1.165) is 89.4 Å². The molecule has 23 nitrogen and oxygen atoms in total. The summed E-state index contributed by atoms with van der Waals surface area (Å²) in [6, 6.07) is 3.30. The number of piperidine rings is 5. The molecule has 3 saturated carbocycles. The molecule has 580 valence electrons. The third-order valence-corrected chi connectivity index (χ3v) is 20.8. The number of carbonyl (C=O) groups is 3. The molecule has 10 heterocycles. The van der Waals surface area contributed by atoms with Gasteiger partial charge >= 0.3 is 11.9 Å². The van der Waals surface area contributed by atoms with Crippen LogP contribution in [0.4, 0.5) is 102 Å². The van der Waals surface area contributed by atoms with Crippen molar-refractivity contribution in [2.24, 2.45) is 16.2 Å². The minimum absolute atomic E-state index is 0.0781. The number of hydrogen-bond donors (Lipinski definition) is 4. The minimum atomic E-state index is -2.66. The van der Waals surface area contributed by atoms with Crippen LogP contribution in [0.2, 0.25) is 15.9 Å². The Labute approximate surface area is 621 Å². The number of benzene rings is 2. The molecule has 2 aromatic carbocycles. The highest BCUT2D eigenvalue weighted by Gasteiger charge is 2.48. The van der Waals surface area contributed by atoms with Crippen LogP contribution in [0.15, 0.2) is 30.7 Å². The number of nitrogens with zero attached hydrogens (tertiary/aromatic N) is 15. The lowest BCUT2D eigenvalue weighted by Gasteiger charge is -2.33. The first kappa shape index (κ1) is 79.8. The standard InChI is InChI=1S/C22H26ClF2N7O.C18H13ClF5N3O2.C12H14ClN3O2.C10H14F2N4.C6HF5O/c1-14-12-16(29-20(27-14)32-10-6-22(24,25)7-11-32)28-18(33)15-13-26-19(23)30-17(15)31-8-4-21(2-3-21)5-9-31;19-17-25-7-8(15(26-17)27-5-3-18(1-2-18)4-6-27)16(28)29-14-12(23)10(21)9(20)11(22)13(14)24;13-11-14-7-8(10(17)18)9(15-11)16-5-3-12(1-2-12)4-6-16;1-7-6-8(13)15-9(14-7)16-4-2-10(11,12)3-5-16;7-1-2(8)4(10)6(12)5(11)3(1)9/h12-13H,2-11H2,1H3,(H,27,28,29,33);7H,1-6H2;7H,1-6H2,(H,17,18);6H,2-5H2,1H3,(H2,13,14,15);12H. The largest absolute Gasteiger partial charge is 0.503 e. The number of aromatic carboxylic acids is 1. The van der Waals surface area contributed by atoms with E-state index in [2.05, 4.69) is 64.8 Å². The van der Waals surface area contributed by atoms with Crippen LogP contribution in [-0.2, 0) is 0 Å². The Morgan fingerprint density at radius 3 is 1.14 bits per heavy atom. The first-order valence-corrected chi connectivity index (χ1v) is 35.1. The molecule has 15 rings (SSSR count). The molecule has 1 amide bonds. The lowest BCUT2D eigenvalue weighted by Crippen LogP contribution is -2.40. The summed E-state index contributed by atoms with van der Waals surface area (Å²) in [6.07, 6.45) is 16.6. The number of hydrogen-bond acceptors (Lipinski definition) is 21. The molecular formula is C68H68Cl3F14N17O6. The second-order valence-corrected chi connectivity index (χ2v) is 28.7. The van der Waals surface area contributed by atoms with E-state index in [0.29, 0.717) is 75.8 Å². The van der Waals surface area contributed by atoms with Crippen molar-refractivity contribution in [3.8, 4) is 11.5 Å². The Morgan fingerprint density at radius 1 is 0.435 bits per heavy atom. The van der Waals surface area contributed by atoms with Gasteiger partial charge in [0.05, 0.1) is 0 Å². The number of alkyl halides is 4. The van der Waals surface area contributed by atoms with Gasteiger partial charge in [0.2, 0.25) is 91.7 Å². The summed E-state index contributed by atoms with van der Waals surface area (Å²) in [5, 5.41) is 20.3. The number of aromatic hydroxyl groups is 1. The van der Waals surface area contributed by atoms with Crippen molar-refractivity contribution in [1.29, 1.82) is 0 Å². The minimum Gasteiger partial charge on any atom is -0.503 e. The number of carboxylic acid groups (broad SMARTS) is 1. The number of phenolic OH excluding ortho intramolecular Hbond substituents is 1. The first-order chi connectivity index (χ1) is 51.0. The zero-order valence-electron chi connectivity index (χ0n) is 57.5. The van der Waals surface area contributed by atoms with Gasteiger partial charge in [-0.25, -0.2) is 78.4 Å². The van der Waals surface area contributed by atoms with Crippen LogP contribution in [0.25, 0.3) is 0 Å². The van der Waals surface area contributed by atoms with E-state index in [1.807, 2.05) is 4.90 Å². The Balaban J connectivity index is 0.000000141. The lowest BCUT2D eigenvalue weighted by atomic mass is 9.93. The molecule has 5 N–H and O–H groups in total. The average Bonchev–Trinajstić information content (AvgIpc) is 1.55. The Hall–Kier alpha value is -9.26. The number of nitrogen functional groups attached to an aromatic ring is 1. The molecule has 0 radical (unpaired) electrons. The molecule has 3 spiro atoms. The number of aromatic nitrogens is 10. The molecule has 8 aliphatic rings. The van der Waals surface area contributed by atoms with E-state index < -0.39 is 99.4 Å². The Bertz CT molecular complexity index is 4390. The van der Waals surface area contributed by atoms with Gasteiger partial charge in [-0.2, -0.15) is 42.5 Å². The number of aryl methyl sites for hydroxylation is 2. The molecule has 0 atom stereocenters. The van der Waals surface area contributed by atoms with Crippen molar-refractivity contribution in [3.63, 3.8) is 0 Å². The zero-order valence-corrected chi connectivity index (χ0v) is 59.8. The summed E-state index contributed by atoms with van der Waals surface area (Å²) in [7, 11) is 0. The van der Waals surface area contributed by atoms with Crippen LogP contribution in [0.3, 0.4) is 0 Å². The van der Waals surface area contributed by atoms with Crippen LogP contribution in [0.5, 0.6) is 11.5 Å². The summed E-state index contributed by atoms with van der Waals surface area (Å²) in [5.74, 6) is -31.4. The van der Waals surface area contributed by atoms with Gasteiger partial charge in [-0.15, -0.1) is 0 Å². The van der Waals surface area contributed by atoms with Crippen molar-refractivity contribution < 1.29 is 90.8 Å². The molecule has 7 aromatic rings. The maximum atomic E-state index is 13.8. The average molecular weight is 1590 g/mol. The second kappa shape index (κ2) is 32.1. The monoisotopic (exact) mass is 1590 g/mol. The van der Waals surface area contributed by atoms with E-state index in [1.54, 1.807) is 40.7 Å². The number of rotatable bonds is 10. The highest BCUT2D eigenvalue weighted by atomic mass is 35.5. The first-order valence-electron chi connectivity index (χ1n) is 34.0. The number of anilines is 7. The van der Waals surface area contributed by atoms with Gasteiger partial charge in [-0.1, -0.05) is 0 Å². The van der Waals surface area contributed by atoms with Gasteiger partial charge in [-0.3, -0.25) is 4.79 Å². The molecule has 3 aliphatic carbocycles. The number of esters is 1. The van der Waals surface area contributed by atoms with Gasteiger partial charge in [0.15, 0.2) is 5.75 Å². The summed E-state index contributed by atoms with van der Waals surface area (Å²) >= 11 is 17.6. The van der Waals surface area contributed by atoms with Gasteiger partial charge < -0.3 is 50.5 Å². The fraction of sp³-hybridized carbons (Fsp3) is 0.485. The number of carbonyl (C=O) groups excluding carboxylic acids is 2. The van der Waals surface area contributed by atoms with Crippen LogP contribution >= 0.6 is 34.8 Å².